The Morgan fingerprint density at radius 2 is 2.00 bits per heavy atom. The molecule has 0 spiro atoms. The van der Waals surface area contributed by atoms with Crippen LogP contribution in [-0.2, 0) is 14.3 Å². The second kappa shape index (κ2) is 8.11. The van der Waals surface area contributed by atoms with Gasteiger partial charge in [0.25, 0.3) is 0 Å². The fraction of sp³-hybridized carbons (Fsp3) is 0.556. The minimum Gasteiger partial charge on any atom is -0.466 e. The Balaban J connectivity index is 1.91. The lowest BCUT2D eigenvalue weighted by Gasteiger charge is -2.31. The second-order valence-electron chi connectivity index (χ2n) is 6.14. The summed E-state index contributed by atoms with van der Waals surface area (Å²) in [4.78, 5) is 26.2. The number of esters is 1. The molecular formula is C18H26N2O3. The number of amides is 1. The van der Waals surface area contributed by atoms with Gasteiger partial charge in [0.05, 0.1) is 19.1 Å². The van der Waals surface area contributed by atoms with Gasteiger partial charge < -0.3 is 10.1 Å². The lowest BCUT2D eigenvalue weighted by Crippen LogP contribution is -2.43. The molecule has 0 aromatic heterocycles. The van der Waals surface area contributed by atoms with Gasteiger partial charge in [-0.2, -0.15) is 0 Å². The van der Waals surface area contributed by atoms with Gasteiger partial charge in [0.15, 0.2) is 0 Å². The highest BCUT2D eigenvalue weighted by Crippen LogP contribution is 2.20. The smallest absolute Gasteiger partial charge is 0.310 e. The molecule has 0 bridgehead atoms. The number of nitrogens with zero attached hydrogens (tertiary/aromatic N) is 1. The molecule has 1 aromatic carbocycles. The van der Waals surface area contributed by atoms with Crippen LogP contribution in [0.4, 0.5) is 5.69 Å². The molecule has 1 unspecified atom stereocenters. The lowest BCUT2D eigenvalue weighted by atomic mass is 9.98. The Labute approximate surface area is 138 Å². The summed E-state index contributed by atoms with van der Waals surface area (Å²) < 4.78 is 5.10. The van der Waals surface area contributed by atoms with Gasteiger partial charge in [-0.05, 0) is 51.3 Å². The Morgan fingerprint density at radius 1 is 1.30 bits per heavy atom. The third-order valence-corrected chi connectivity index (χ3v) is 4.24. The summed E-state index contributed by atoms with van der Waals surface area (Å²) >= 11 is 0. The van der Waals surface area contributed by atoms with E-state index in [9.17, 15) is 9.59 Å². The average Bonchev–Trinajstić information content (AvgIpc) is 2.51. The molecule has 0 aliphatic carbocycles. The van der Waals surface area contributed by atoms with Crippen LogP contribution in [0.5, 0.6) is 0 Å². The summed E-state index contributed by atoms with van der Waals surface area (Å²) in [5, 5.41) is 3.00. The van der Waals surface area contributed by atoms with Crippen LogP contribution in [0.25, 0.3) is 0 Å². The first-order valence-corrected chi connectivity index (χ1v) is 8.26. The van der Waals surface area contributed by atoms with E-state index in [1.807, 2.05) is 43.9 Å². The van der Waals surface area contributed by atoms with Crippen molar-refractivity contribution in [1.82, 2.24) is 4.90 Å². The van der Waals surface area contributed by atoms with Gasteiger partial charge in [-0.25, -0.2) is 0 Å². The van der Waals surface area contributed by atoms with E-state index in [2.05, 4.69) is 5.32 Å². The zero-order valence-corrected chi connectivity index (χ0v) is 14.2. The fourth-order valence-corrected chi connectivity index (χ4v) is 3.05. The van der Waals surface area contributed by atoms with Gasteiger partial charge in [0.2, 0.25) is 5.91 Å². The van der Waals surface area contributed by atoms with Crippen LogP contribution in [0.1, 0.15) is 30.9 Å². The predicted molar refractivity (Wildman–Crippen MR) is 90.3 cm³/mol. The van der Waals surface area contributed by atoms with Crippen LogP contribution in [-0.4, -0.2) is 43.0 Å². The van der Waals surface area contributed by atoms with E-state index in [1.54, 1.807) is 0 Å². The zero-order valence-electron chi connectivity index (χ0n) is 14.2. The van der Waals surface area contributed by atoms with E-state index in [1.165, 1.54) is 0 Å². The molecular weight excluding hydrogens is 292 g/mol. The number of nitrogens with one attached hydrogen (secondary N) is 1. The molecule has 2 rings (SSSR count). The van der Waals surface area contributed by atoms with Crippen molar-refractivity contribution in [2.24, 2.45) is 5.92 Å². The predicted octanol–water partition coefficient (Wildman–Crippen LogP) is 2.52. The first-order valence-electron chi connectivity index (χ1n) is 8.26. The number of benzene rings is 1. The van der Waals surface area contributed by atoms with Crippen LogP contribution in [0.15, 0.2) is 18.2 Å². The SMILES string of the molecule is CCOC(=O)C1CCCN(CC(=O)Nc2c(C)cccc2C)C1. The van der Waals surface area contributed by atoms with Crippen molar-refractivity contribution in [1.29, 1.82) is 0 Å². The van der Waals surface area contributed by atoms with Gasteiger partial charge >= 0.3 is 5.97 Å². The first-order chi connectivity index (χ1) is 11.0. The lowest BCUT2D eigenvalue weighted by molar-refractivity contribution is -0.150. The maximum atomic E-state index is 12.3. The Morgan fingerprint density at radius 3 is 2.65 bits per heavy atom. The number of para-hydroxylation sites is 1. The first kappa shape index (κ1) is 17.5. The number of carbonyl (C=O) groups is 2. The molecule has 1 aliphatic rings. The Bertz CT molecular complexity index is 551. The third kappa shape index (κ3) is 4.79. The van der Waals surface area contributed by atoms with E-state index in [4.69, 9.17) is 4.74 Å². The van der Waals surface area contributed by atoms with Crippen molar-refractivity contribution in [3.63, 3.8) is 0 Å². The number of anilines is 1. The maximum Gasteiger partial charge on any atom is 0.310 e. The Kier molecular flexibility index (Phi) is 6.16. The van der Waals surface area contributed by atoms with Crippen molar-refractivity contribution < 1.29 is 14.3 Å². The normalized spacial score (nSPS) is 18.5. The summed E-state index contributed by atoms with van der Waals surface area (Å²) in [6.07, 6.45) is 1.76. The molecule has 1 fully saturated rings. The topological polar surface area (TPSA) is 58.6 Å². The van der Waals surface area contributed by atoms with E-state index in [0.29, 0.717) is 19.7 Å². The standard InChI is InChI=1S/C18H26N2O3/c1-4-23-18(22)15-9-6-10-20(11-15)12-16(21)19-17-13(2)7-5-8-14(17)3/h5,7-8,15H,4,6,9-12H2,1-3H3,(H,19,21). The van der Waals surface area contributed by atoms with Crippen LogP contribution in [0.3, 0.4) is 0 Å². The molecule has 1 heterocycles. The second-order valence-corrected chi connectivity index (χ2v) is 6.14. The van der Waals surface area contributed by atoms with Crippen LogP contribution >= 0.6 is 0 Å². The highest BCUT2D eigenvalue weighted by molar-refractivity contribution is 5.93. The summed E-state index contributed by atoms with van der Waals surface area (Å²) in [6, 6.07) is 5.95. The molecule has 1 aliphatic heterocycles. The summed E-state index contributed by atoms with van der Waals surface area (Å²) in [6.45, 7) is 7.94. The largest absolute Gasteiger partial charge is 0.466 e. The molecule has 5 heteroatoms. The number of hydrogen-bond donors (Lipinski definition) is 1. The molecule has 1 saturated heterocycles. The van der Waals surface area contributed by atoms with E-state index >= 15 is 0 Å². The molecule has 5 nitrogen and oxygen atoms in total. The number of ether oxygens (including phenoxy) is 1. The van der Waals surface area contributed by atoms with Crippen LogP contribution in [0.2, 0.25) is 0 Å². The van der Waals surface area contributed by atoms with E-state index in [0.717, 1.165) is 36.2 Å². The summed E-state index contributed by atoms with van der Waals surface area (Å²) in [7, 11) is 0. The molecule has 1 aromatic rings. The van der Waals surface area contributed by atoms with Crippen LogP contribution < -0.4 is 5.32 Å². The van der Waals surface area contributed by atoms with E-state index < -0.39 is 0 Å². The van der Waals surface area contributed by atoms with Gasteiger partial charge in [-0.1, -0.05) is 18.2 Å². The maximum absolute atomic E-state index is 12.3. The van der Waals surface area contributed by atoms with Crippen molar-refractivity contribution in [2.75, 3.05) is 31.6 Å². The molecule has 126 valence electrons. The minimum atomic E-state index is -0.146. The summed E-state index contributed by atoms with van der Waals surface area (Å²) in [5.74, 6) is -0.295. The Hall–Kier alpha value is -1.88. The fourth-order valence-electron chi connectivity index (χ4n) is 3.05. The van der Waals surface area contributed by atoms with E-state index in [-0.39, 0.29) is 17.8 Å². The number of hydrogen-bond acceptors (Lipinski definition) is 4. The van der Waals surface area contributed by atoms with Crippen LogP contribution in [0, 0.1) is 19.8 Å². The van der Waals surface area contributed by atoms with Crippen molar-refractivity contribution in [3.05, 3.63) is 29.3 Å². The molecule has 23 heavy (non-hydrogen) atoms. The monoisotopic (exact) mass is 318 g/mol. The average molecular weight is 318 g/mol. The third-order valence-electron chi connectivity index (χ3n) is 4.24. The van der Waals surface area contributed by atoms with Crippen molar-refractivity contribution >= 4 is 17.6 Å². The molecule has 1 amide bonds. The number of likely N-dealkylation sites (tertiary alicyclic amines) is 1. The van der Waals surface area contributed by atoms with Gasteiger partial charge in [-0.3, -0.25) is 14.5 Å². The zero-order chi connectivity index (χ0) is 16.8. The van der Waals surface area contributed by atoms with Crippen molar-refractivity contribution in [3.8, 4) is 0 Å². The molecule has 1 N–H and O–H groups in total. The minimum absolute atomic E-state index is 0.0353. The van der Waals surface area contributed by atoms with Gasteiger partial charge in [0, 0.05) is 12.2 Å². The van der Waals surface area contributed by atoms with Crippen molar-refractivity contribution in [2.45, 2.75) is 33.6 Å². The highest BCUT2D eigenvalue weighted by atomic mass is 16.5. The molecule has 0 radical (unpaired) electrons. The highest BCUT2D eigenvalue weighted by Gasteiger charge is 2.27. The number of carbonyl (C=O) groups excluding carboxylic acids is 2. The summed E-state index contributed by atoms with van der Waals surface area (Å²) in [5.41, 5.74) is 3.00. The number of piperidine rings is 1. The number of aryl methyl sites for hydroxylation is 2. The quantitative estimate of drug-likeness (QED) is 0.848. The molecule has 0 saturated carbocycles. The molecule has 1 atom stereocenters. The van der Waals surface area contributed by atoms with Gasteiger partial charge in [-0.15, -0.1) is 0 Å². The number of rotatable bonds is 5. The van der Waals surface area contributed by atoms with Gasteiger partial charge in [0.1, 0.15) is 0 Å².